The maximum absolute atomic E-state index is 12.9. The topological polar surface area (TPSA) is 101 Å². The summed E-state index contributed by atoms with van der Waals surface area (Å²) in [5, 5.41) is 4.29. The van der Waals surface area contributed by atoms with Crippen molar-refractivity contribution in [1.82, 2.24) is 9.97 Å². The number of hydrogen-bond donors (Lipinski definition) is 2. The first-order chi connectivity index (χ1) is 16.1. The molecule has 7 nitrogen and oxygen atoms in total. The lowest BCUT2D eigenvalue weighted by molar-refractivity contribution is -0.137. The van der Waals surface area contributed by atoms with Gasteiger partial charge in [0.15, 0.2) is 5.13 Å². The number of carbonyl (C=O) groups is 1. The fraction of sp³-hybridized carbons (Fsp3) is 0.318. The molecule has 2 N–H and O–H groups in total. The van der Waals surface area contributed by atoms with Crippen molar-refractivity contribution in [3.05, 3.63) is 59.4 Å². The van der Waals surface area contributed by atoms with E-state index in [0.717, 1.165) is 23.6 Å². The van der Waals surface area contributed by atoms with E-state index in [0.29, 0.717) is 41.8 Å². The summed E-state index contributed by atoms with van der Waals surface area (Å²) in [6.45, 7) is 1.82. The van der Waals surface area contributed by atoms with Crippen LogP contribution in [0, 0.1) is 0 Å². The molecule has 2 heterocycles. The average Bonchev–Trinajstić information content (AvgIpc) is 3.56. The van der Waals surface area contributed by atoms with Gasteiger partial charge in [0.05, 0.1) is 22.4 Å². The Morgan fingerprint density at radius 3 is 2.50 bits per heavy atom. The molecule has 4 rings (SSSR count). The fourth-order valence-electron chi connectivity index (χ4n) is 3.33. The standard InChI is InChI=1S/C22H21F3N4O3S2/c1-2-18(19-12-33-21(28-19)29-34(31,32)17-7-8-17)20(30)27-16-5-3-13(4-6-16)14-9-15(11-26-10-14)22(23,24)25/h3-6,9-12,17-18H,2,7-8H2,1H3,(H,27,30)(H,28,29). The summed E-state index contributed by atoms with van der Waals surface area (Å²) in [7, 11) is -3.44. The van der Waals surface area contributed by atoms with Crippen LogP contribution >= 0.6 is 11.3 Å². The van der Waals surface area contributed by atoms with Crippen LogP contribution in [0.4, 0.5) is 24.0 Å². The van der Waals surface area contributed by atoms with Crippen LogP contribution < -0.4 is 10.0 Å². The highest BCUT2D eigenvalue weighted by molar-refractivity contribution is 7.93. The first-order valence-electron chi connectivity index (χ1n) is 10.5. The predicted molar refractivity (Wildman–Crippen MR) is 124 cm³/mol. The third-order valence-electron chi connectivity index (χ3n) is 5.35. The van der Waals surface area contributed by atoms with Crippen molar-refractivity contribution in [2.45, 2.75) is 43.5 Å². The van der Waals surface area contributed by atoms with Crippen LogP contribution in [0.1, 0.15) is 43.4 Å². The van der Waals surface area contributed by atoms with E-state index in [9.17, 15) is 26.4 Å². The first-order valence-corrected chi connectivity index (χ1v) is 12.9. The molecule has 1 amide bonds. The lowest BCUT2D eigenvalue weighted by Crippen LogP contribution is -2.21. The van der Waals surface area contributed by atoms with E-state index in [1.165, 1.54) is 6.20 Å². The van der Waals surface area contributed by atoms with E-state index in [1.807, 2.05) is 6.92 Å². The zero-order chi connectivity index (χ0) is 24.5. The second-order valence-electron chi connectivity index (χ2n) is 7.91. The number of aromatic nitrogens is 2. The SMILES string of the molecule is CCC(C(=O)Nc1ccc(-c2cncc(C(F)(F)F)c2)cc1)c1csc(NS(=O)(=O)C2CC2)n1. The Morgan fingerprint density at radius 2 is 1.88 bits per heavy atom. The maximum Gasteiger partial charge on any atom is 0.417 e. The molecule has 1 saturated carbocycles. The van der Waals surface area contributed by atoms with Gasteiger partial charge in [0.2, 0.25) is 15.9 Å². The Labute approximate surface area is 198 Å². The Bertz CT molecular complexity index is 1290. The minimum atomic E-state index is -4.49. The number of anilines is 2. The van der Waals surface area contributed by atoms with Crippen molar-refractivity contribution < 1.29 is 26.4 Å². The summed E-state index contributed by atoms with van der Waals surface area (Å²) < 4.78 is 65.5. The Kier molecular flexibility index (Phi) is 6.63. The molecule has 1 fully saturated rings. The molecule has 0 spiro atoms. The van der Waals surface area contributed by atoms with E-state index < -0.39 is 27.7 Å². The Morgan fingerprint density at radius 1 is 1.18 bits per heavy atom. The lowest BCUT2D eigenvalue weighted by Gasteiger charge is -2.14. The van der Waals surface area contributed by atoms with Crippen molar-refractivity contribution in [1.29, 1.82) is 0 Å². The molecule has 180 valence electrons. The van der Waals surface area contributed by atoms with E-state index in [-0.39, 0.29) is 16.3 Å². The Hall–Kier alpha value is -2.99. The second kappa shape index (κ2) is 9.34. The average molecular weight is 511 g/mol. The third-order valence-corrected chi connectivity index (χ3v) is 8.08. The zero-order valence-electron chi connectivity index (χ0n) is 18.0. The van der Waals surface area contributed by atoms with E-state index in [2.05, 4.69) is 20.0 Å². The number of rotatable bonds is 8. The number of hydrogen-bond acceptors (Lipinski definition) is 6. The number of alkyl halides is 3. The monoisotopic (exact) mass is 510 g/mol. The summed E-state index contributed by atoms with van der Waals surface area (Å²) >= 11 is 1.12. The highest BCUT2D eigenvalue weighted by Gasteiger charge is 2.36. The molecule has 34 heavy (non-hydrogen) atoms. The second-order valence-corrected chi connectivity index (χ2v) is 10.7. The van der Waals surface area contributed by atoms with Gasteiger partial charge in [-0.3, -0.25) is 14.5 Å². The molecular weight excluding hydrogens is 489 g/mol. The number of amides is 1. The summed E-state index contributed by atoms with van der Waals surface area (Å²) in [6.07, 6.45) is -0.665. The quantitative estimate of drug-likeness (QED) is 0.431. The Balaban J connectivity index is 1.44. The van der Waals surface area contributed by atoms with Crippen LogP contribution in [-0.2, 0) is 21.0 Å². The normalized spacial score (nSPS) is 15.1. The summed E-state index contributed by atoms with van der Waals surface area (Å²) in [4.78, 5) is 20.8. The van der Waals surface area contributed by atoms with Gasteiger partial charge < -0.3 is 5.32 Å². The van der Waals surface area contributed by atoms with E-state index in [4.69, 9.17) is 0 Å². The number of carbonyl (C=O) groups excluding carboxylic acids is 1. The molecule has 0 saturated heterocycles. The van der Waals surface area contributed by atoms with Gasteiger partial charge in [-0.05, 0) is 43.0 Å². The number of pyridine rings is 1. The highest BCUT2D eigenvalue weighted by atomic mass is 32.2. The largest absolute Gasteiger partial charge is 0.417 e. The van der Waals surface area contributed by atoms with Crippen LogP contribution in [0.25, 0.3) is 11.1 Å². The van der Waals surface area contributed by atoms with Gasteiger partial charge in [0.25, 0.3) is 0 Å². The number of halogens is 3. The molecule has 2 aromatic heterocycles. The number of sulfonamides is 1. The van der Waals surface area contributed by atoms with Gasteiger partial charge in [-0.1, -0.05) is 19.1 Å². The molecule has 0 radical (unpaired) electrons. The van der Waals surface area contributed by atoms with Crippen molar-refractivity contribution in [2.75, 3.05) is 10.0 Å². The highest BCUT2D eigenvalue weighted by Crippen LogP contribution is 2.33. The molecule has 3 aromatic rings. The molecule has 12 heteroatoms. The number of nitrogens with zero attached hydrogens (tertiary/aromatic N) is 2. The van der Waals surface area contributed by atoms with Crippen molar-refractivity contribution in [3.63, 3.8) is 0 Å². The summed E-state index contributed by atoms with van der Waals surface area (Å²) in [5.74, 6) is -0.916. The van der Waals surface area contributed by atoms with Crippen molar-refractivity contribution >= 4 is 38.1 Å². The van der Waals surface area contributed by atoms with Crippen LogP contribution in [0.2, 0.25) is 0 Å². The predicted octanol–water partition coefficient (Wildman–Crippen LogP) is 5.26. The smallest absolute Gasteiger partial charge is 0.326 e. The van der Waals surface area contributed by atoms with Gasteiger partial charge in [-0.25, -0.2) is 13.4 Å². The van der Waals surface area contributed by atoms with Crippen molar-refractivity contribution in [3.8, 4) is 11.1 Å². The number of thiazole rings is 1. The molecule has 1 atom stereocenters. The molecule has 1 unspecified atom stereocenters. The molecule has 0 bridgehead atoms. The maximum atomic E-state index is 12.9. The van der Waals surface area contributed by atoms with Gasteiger partial charge in [0.1, 0.15) is 0 Å². The molecule has 0 aliphatic heterocycles. The van der Waals surface area contributed by atoms with Gasteiger partial charge in [-0.15, -0.1) is 11.3 Å². The van der Waals surface area contributed by atoms with E-state index in [1.54, 1.807) is 29.6 Å². The van der Waals surface area contributed by atoms with Crippen LogP contribution in [0.3, 0.4) is 0 Å². The van der Waals surface area contributed by atoms with Crippen LogP contribution in [-0.4, -0.2) is 29.5 Å². The van der Waals surface area contributed by atoms with Gasteiger partial charge >= 0.3 is 6.18 Å². The number of benzene rings is 1. The van der Waals surface area contributed by atoms with Gasteiger partial charge in [-0.2, -0.15) is 13.2 Å². The van der Waals surface area contributed by atoms with Gasteiger partial charge in [0, 0.05) is 29.0 Å². The fourth-order valence-corrected chi connectivity index (χ4v) is 5.69. The molecule has 1 aliphatic carbocycles. The minimum absolute atomic E-state index is 0.229. The third kappa shape index (κ3) is 5.55. The molecular formula is C22H21F3N4O3S2. The molecule has 1 aromatic carbocycles. The first kappa shape index (κ1) is 24.1. The summed E-state index contributed by atoms with van der Waals surface area (Å²) in [5.41, 5.74) is 0.927. The van der Waals surface area contributed by atoms with E-state index >= 15 is 0 Å². The lowest BCUT2D eigenvalue weighted by atomic mass is 10.0. The van der Waals surface area contributed by atoms with Crippen LogP contribution in [0.15, 0.2) is 48.1 Å². The van der Waals surface area contributed by atoms with Crippen LogP contribution in [0.5, 0.6) is 0 Å². The van der Waals surface area contributed by atoms with Crippen molar-refractivity contribution in [2.24, 2.45) is 0 Å². The minimum Gasteiger partial charge on any atom is -0.326 e. The number of nitrogens with one attached hydrogen (secondary N) is 2. The molecule has 1 aliphatic rings. The zero-order valence-corrected chi connectivity index (χ0v) is 19.6. The summed E-state index contributed by atoms with van der Waals surface area (Å²) in [6, 6.07) is 7.40.